The highest BCUT2D eigenvalue weighted by Crippen LogP contribution is 2.18. The SMILES string of the molecule is CN=C(NCc1ccc(-n2cccn2)cc1)N1CCC(C(=O)OC)CC1.I. The Morgan fingerprint density at radius 1 is 1.30 bits per heavy atom. The number of carbonyl (C=O) groups excluding carboxylic acids is 1. The zero-order chi connectivity index (χ0) is 18.4. The number of piperidine rings is 1. The van der Waals surface area contributed by atoms with Crippen molar-refractivity contribution in [1.82, 2.24) is 20.0 Å². The molecular weight excluding hydrogens is 457 g/mol. The molecular formula is C19H26IN5O2. The number of halogens is 1. The van der Waals surface area contributed by atoms with E-state index in [4.69, 9.17) is 4.74 Å². The van der Waals surface area contributed by atoms with Gasteiger partial charge in [-0.05, 0) is 36.6 Å². The molecule has 1 saturated heterocycles. The topological polar surface area (TPSA) is 71.8 Å². The van der Waals surface area contributed by atoms with Gasteiger partial charge in [0.15, 0.2) is 5.96 Å². The average molecular weight is 483 g/mol. The molecule has 0 spiro atoms. The van der Waals surface area contributed by atoms with E-state index in [0.717, 1.165) is 37.6 Å². The molecule has 0 amide bonds. The molecule has 0 aliphatic carbocycles. The zero-order valence-corrected chi connectivity index (χ0v) is 18.0. The first-order valence-corrected chi connectivity index (χ1v) is 8.83. The van der Waals surface area contributed by atoms with Gasteiger partial charge in [0.2, 0.25) is 0 Å². The van der Waals surface area contributed by atoms with Gasteiger partial charge in [-0.25, -0.2) is 4.68 Å². The van der Waals surface area contributed by atoms with Crippen LogP contribution in [0.4, 0.5) is 0 Å². The second-order valence-electron chi connectivity index (χ2n) is 6.30. The summed E-state index contributed by atoms with van der Waals surface area (Å²) in [5.41, 5.74) is 2.21. The molecule has 1 aliphatic heterocycles. The average Bonchev–Trinajstić information content (AvgIpc) is 3.23. The third kappa shape index (κ3) is 5.44. The second-order valence-corrected chi connectivity index (χ2v) is 6.30. The van der Waals surface area contributed by atoms with Gasteiger partial charge in [0.05, 0.1) is 18.7 Å². The Balaban J connectivity index is 0.00000261. The number of guanidine groups is 1. The maximum Gasteiger partial charge on any atom is 0.308 e. The minimum atomic E-state index is -0.107. The third-order valence-corrected chi connectivity index (χ3v) is 4.70. The fourth-order valence-corrected chi connectivity index (χ4v) is 3.20. The summed E-state index contributed by atoms with van der Waals surface area (Å²) in [7, 11) is 3.24. The lowest BCUT2D eigenvalue weighted by Gasteiger charge is -2.33. The highest BCUT2D eigenvalue weighted by molar-refractivity contribution is 14.0. The molecule has 0 radical (unpaired) electrons. The van der Waals surface area contributed by atoms with E-state index in [-0.39, 0.29) is 35.9 Å². The lowest BCUT2D eigenvalue weighted by atomic mass is 9.97. The molecule has 0 atom stereocenters. The van der Waals surface area contributed by atoms with Gasteiger partial charge in [-0.2, -0.15) is 5.10 Å². The maximum absolute atomic E-state index is 11.6. The highest BCUT2D eigenvalue weighted by Gasteiger charge is 2.26. The number of aliphatic imine (C=N–C) groups is 1. The summed E-state index contributed by atoms with van der Waals surface area (Å²) in [5, 5.41) is 7.64. The molecule has 1 aromatic carbocycles. The minimum Gasteiger partial charge on any atom is -0.469 e. The largest absolute Gasteiger partial charge is 0.469 e. The van der Waals surface area contributed by atoms with E-state index in [1.807, 2.05) is 16.9 Å². The van der Waals surface area contributed by atoms with Crippen LogP contribution in [0.15, 0.2) is 47.7 Å². The Labute approximate surface area is 176 Å². The van der Waals surface area contributed by atoms with Gasteiger partial charge in [0, 0.05) is 39.1 Å². The number of benzene rings is 1. The van der Waals surface area contributed by atoms with Crippen LogP contribution in [0.25, 0.3) is 5.69 Å². The second kappa shape index (κ2) is 10.3. The van der Waals surface area contributed by atoms with Gasteiger partial charge in [0.25, 0.3) is 0 Å². The van der Waals surface area contributed by atoms with E-state index in [2.05, 4.69) is 44.6 Å². The summed E-state index contributed by atoms with van der Waals surface area (Å²) in [6, 6.07) is 10.2. The van der Waals surface area contributed by atoms with Gasteiger partial charge in [-0.1, -0.05) is 12.1 Å². The van der Waals surface area contributed by atoms with E-state index in [1.54, 1.807) is 13.2 Å². The first-order valence-electron chi connectivity index (χ1n) is 8.83. The summed E-state index contributed by atoms with van der Waals surface area (Å²) >= 11 is 0. The van der Waals surface area contributed by atoms with Gasteiger partial charge in [0.1, 0.15) is 0 Å². The number of esters is 1. The van der Waals surface area contributed by atoms with Crippen molar-refractivity contribution in [3.8, 4) is 5.69 Å². The predicted octanol–water partition coefficient (Wildman–Crippen LogP) is 2.45. The Kier molecular flexibility index (Phi) is 8.08. The van der Waals surface area contributed by atoms with Crippen LogP contribution in [-0.2, 0) is 16.1 Å². The van der Waals surface area contributed by atoms with Gasteiger partial charge >= 0.3 is 5.97 Å². The number of aromatic nitrogens is 2. The molecule has 3 rings (SSSR count). The number of methoxy groups -OCH3 is 1. The summed E-state index contributed by atoms with van der Waals surface area (Å²) in [6.07, 6.45) is 5.29. The van der Waals surface area contributed by atoms with Crippen molar-refractivity contribution in [3.05, 3.63) is 48.3 Å². The molecule has 0 unspecified atom stereocenters. The summed E-state index contributed by atoms with van der Waals surface area (Å²) in [5.74, 6) is 0.763. The molecule has 1 aromatic heterocycles. The Hall–Kier alpha value is -2.10. The fraction of sp³-hybridized carbons (Fsp3) is 0.421. The molecule has 2 heterocycles. The van der Waals surface area contributed by atoms with Crippen LogP contribution >= 0.6 is 24.0 Å². The Bertz CT molecular complexity index is 738. The number of carbonyl (C=O) groups is 1. The summed E-state index contributed by atoms with van der Waals surface area (Å²) in [4.78, 5) is 18.2. The summed E-state index contributed by atoms with van der Waals surface area (Å²) < 4.78 is 6.68. The van der Waals surface area contributed by atoms with Crippen molar-refractivity contribution < 1.29 is 9.53 Å². The minimum absolute atomic E-state index is 0. The molecule has 1 N–H and O–H groups in total. The van der Waals surface area contributed by atoms with Crippen LogP contribution in [0.5, 0.6) is 0 Å². The molecule has 146 valence electrons. The maximum atomic E-state index is 11.6. The van der Waals surface area contributed by atoms with Crippen LogP contribution in [0.1, 0.15) is 18.4 Å². The predicted molar refractivity (Wildman–Crippen MR) is 115 cm³/mol. The van der Waals surface area contributed by atoms with Crippen molar-refractivity contribution >= 4 is 35.9 Å². The molecule has 1 fully saturated rings. The van der Waals surface area contributed by atoms with Crippen molar-refractivity contribution in [2.24, 2.45) is 10.9 Å². The zero-order valence-electron chi connectivity index (χ0n) is 15.7. The van der Waals surface area contributed by atoms with E-state index in [9.17, 15) is 4.79 Å². The van der Waals surface area contributed by atoms with E-state index >= 15 is 0 Å². The van der Waals surface area contributed by atoms with Crippen molar-refractivity contribution in [2.45, 2.75) is 19.4 Å². The van der Waals surface area contributed by atoms with Crippen LogP contribution in [0.2, 0.25) is 0 Å². The lowest BCUT2D eigenvalue weighted by molar-refractivity contribution is -0.146. The molecule has 2 aromatic rings. The first-order chi connectivity index (χ1) is 12.7. The molecule has 7 nitrogen and oxygen atoms in total. The van der Waals surface area contributed by atoms with E-state index in [1.165, 1.54) is 12.7 Å². The quantitative estimate of drug-likeness (QED) is 0.313. The highest BCUT2D eigenvalue weighted by atomic mass is 127. The van der Waals surface area contributed by atoms with Crippen LogP contribution in [-0.4, -0.2) is 53.9 Å². The van der Waals surface area contributed by atoms with Crippen molar-refractivity contribution in [2.75, 3.05) is 27.2 Å². The Morgan fingerprint density at radius 2 is 2.00 bits per heavy atom. The number of likely N-dealkylation sites (tertiary alicyclic amines) is 1. The fourth-order valence-electron chi connectivity index (χ4n) is 3.20. The van der Waals surface area contributed by atoms with Crippen LogP contribution in [0.3, 0.4) is 0 Å². The number of rotatable bonds is 4. The van der Waals surface area contributed by atoms with Crippen molar-refractivity contribution in [1.29, 1.82) is 0 Å². The molecule has 0 bridgehead atoms. The molecule has 27 heavy (non-hydrogen) atoms. The lowest BCUT2D eigenvalue weighted by Crippen LogP contribution is -2.46. The van der Waals surface area contributed by atoms with Crippen LogP contribution in [0, 0.1) is 5.92 Å². The van der Waals surface area contributed by atoms with Gasteiger partial charge in [-0.3, -0.25) is 9.79 Å². The molecule has 0 saturated carbocycles. The first kappa shape index (κ1) is 21.2. The normalized spacial score (nSPS) is 15.2. The van der Waals surface area contributed by atoms with E-state index in [0.29, 0.717) is 6.54 Å². The van der Waals surface area contributed by atoms with Crippen molar-refractivity contribution in [3.63, 3.8) is 0 Å². The Morgan fingerprint density at radius 3 is 2.56 bits per heavy atom. The number of nitrogens with zero attached hydrogens (tertiary/aromatic N) is 4. The number of hydrogen-bond donors (Lipinski definition) is 1. The number of hydrogen-bond acceptors (Lipinski definition) is 4. The number of ether oxygens (including phenoxy) is 1. The number of nitrogens with one attached hydrogen (secondary N) is 1. The third-order valence-electron chi connectivity index (χ3n) is 4.70. The van der Waals surface area contributed by atoms with Gasteiger partial charge < -0.3 is 15.0 Å². The molecule has 8 heteroatoms. The molecule has 1 aliphatic rings. The van der Waals surface area contributed by atoms with Crippen LogP contribution < -0.4 is 5.32 Å². The van der Waals surface area contributed by atoms with Gasteiger partial charge in [-0.15, -0.1) is 24.0 Å². The monoisotopic (exact) mass is 483 g/mol. The van der Waals surface area contributed by atoms with E-state index < -0.39 is 0 Å². The summed E-state index contributed by atoms with van der Waals surface area (Å²) in [6.45, 7) is 2.30. The smallest absolute Gasteiger partial charge is 0.308 e. The standard InChI is InChI=1S/C19H25N5O2.HI/c1-20-19(23-12-8-16(9-13-23)18(25)26-2)21-14-15-4-6-17(7-5-15)24-11-3-10-22-24;/h3-7,10-11,16H,8-9,12-14H2,1-2H3,(H,20,21);1H.